The van der Waals surface area contributed by atoms with Gasteiger partial charge in [-0.1, -0.05) is 18.2 Å². The van der Waals surface area contributed by atoms with Crippen molar-refractivity contribution in [2.75, 3.05) is 26.0 Å². The minimum atomic E-state index is -3.48. The first-order valence-electron chi connectivity index (χ1n) is 9.84. The van der Waals surface area contributed by atoms with Crippen LogP contribution < -0.4 is 20.3 Å². The molecule has 0 saturated carbocycles. The maximum absolute atomic E-state index is 12.4. The maximum Gasteiger partial charge on any atom is 0.274 e. The fourth-order valence-corrected chi connectivity index (χ4v) is 3.30. The molecule has 3 aromatic rings. The Bertz CT molecular complexity index is 1230. The Morgan fingerprint density at radius 3 is 2.52 bits per heavy atom. The minimum absolute atomic E-state index is 0.115. The molecule has 2 amide bonds. The number of benzene rings is 2. The summed E-state index contributed by atoms with van der Waals surface area (Å²) in [4.78, 5) is 23.7. The van der Waals surface area contributed by atoms with Crippen molar-refractivity contribution in [2.24, 2.45) is 0 Å². The van der Waals surface area contributed by atoms with Crippen molar-refractivity contribution in [2.45, 2.75) is 0 Å². The number of para-hydroxylation sites is 1. The van der Waals surface area contributed by atoms with Crippen LogP contribution in [0.1, 0.15) is 16.1 Å². The second kappa shape index (κ2) is 10.8. The maximum atomic E-state index is 12.4. The van der Waals surface area contributed by atoms with Crippen molar-refractivity contribution in [1.82, 2.24) is 15.5 Å². The Morgan fingerprint density at radius 1 is 1.12 bits per heavy atom. The molecule has 0 unspecified atom stereocenters. The summed E-state index contributed by atoms with van der Waals surface area (Å²) in [6.45, 7) is 0.226. The van der Waals surface area contributed by atoms with Crippen LogP contribution in [0.4, 0.5) is 0 Å². The SMILES string of the molecule is CS(=O)(=O)NCC(=CC(=O)NCCOc1ccc(C(=O)NO)cc1)c1cc2ccccc2o1. The lowest BCUT2D eigenvalue weighted by molar-refractivity contribution is -0.116. The van der Waals surface area contributed by atoms with Gasteiger partial charge in [-0.15, -0.1) is 0 Å². The third-order valence-electron chi connectivity index (χ3n) is 4.46. The number of ether oxygens (including phenoxy) is 1. The van der Waals surface area contributed by atoms with Crippen LogP contribution in [0.2, 0.25) is 0 Å². The molecule has 0 bridgehead atoms. The summed E-state index contributed by atoms with van der Waals surface area (Å²) in [6.07, 6.45) is 2.31. The molecule has 4 N–H and O–H groups in total. The predicted molar refractivity (Wildman–Crippen MR) is 121 cm³/mol. The number of fused-ring (bicyclic) bond motifs is 1. The highest BCUT2D eigenvalue weighted by atomic mass is 32.2. The second-order valence-corrected chi connectivity index (χ2v) is 8.85. The highest BCUT2D eigenvalue weighted by molar-refractivity contribution is 7.88. The largest absolute Gasteiger partial charge is 0.492 e. The van der Waals surface area contributed by atoms with Crippen LogP contribution >= 0.6 is 0 Å². The molecule has 11 heteroatoms. The number of hydrogen-bond donors (Lipinski definition) is 4. The molecule has 174 valence electrons. The van der Waals surface area contributed by atoms with E-state index in [0.29, 0.717) is 22.7 Å². The zero-order chi connectivity index (χ0) is 23.8. The first-order valence-corrected chi connectivity index (χ1v) is 11.7. The number of hydrogen-bond acceptors (Lipinski definition) is 7. The molecule has 1 aromatic heterocycles. The van der Waals surface area contributed by atoms with Crippen LogP contribution in [0.5, 0.6) is 5.75 Å². The van der Waals surface area contributed by atoms with E-state index in [0.717, 1.165) is 11.6 Å². The summed E-state index contributed by atoms with van der Waals surface area (Å²) < 4.78 is 36.7. The summed E-state index contributed by atoms with van der Waals surface area (Å²) >= 11 is 0. The molecular formula is C22H23N3O7S. The lowest BCUT2D eigenvalue weighted by Crippen LogP contribution is -2.28. The number of nitrogens with one attached hydrogen (secondary N) is 3. The summed E-state index contributed by atoms with van der Waals surface area (Å²) in [5.41, 5.74) is 2.80. The number of sulfonamides is 1. The van der Waals surface area contributed by atoms with Gasteiger partial charge in [0, 0.05) is 29.1 Å². The van der Waals surface area contributed by atoms with Gasteiger partial charge in [0.15, 0.2) is 0 Å². The number of hydroxylamine groups is 1. The Hall–Kier alpha value is -3.67. The van der Waals surface area contributed by atoms with Crippen molar-refractivity contribution < 1.29 is 32.4 Å². The summed E-state index contributed by atoms with van der Waals surface area (Å²) in [6, 6.07) is 15.1. The Labute approximate surface area is 190 Å². The van der Waals surface area contributed by atoms with Crippen LogP contribution in [-0.4, -0.2) is 51.4 Å². The number of furan rings is 1. The van der Waals surface area contributed by atoms with Crippen LogP contribution in [0.15, 0.2) is 65.1 Å². The fraction of sp³-hybridized carbons (Fsp3) is 0.182. The zero-order valence-electron chi connectivity index (χ0n) is 17.7. The Kier molecular flexibility index (Phi) is 7.83. The van der Waals surface area contributed by atoms with E-state index in [1.165, 1.54) is 18.2 Å². The Morgan fingerprint density at radius 2 is 1.85 bits per heavy atom. The average Bonchev–Trinajstić information content (AvgIpc) is 3.23. The molecule has 0 atom stereocenters. The van der Waals surface area contributed by atoms with Crippen molar-refractivity contribution in [3.63, 3.8) is 0 Å². The molecule has 0 radical (unpaired) electrons. The van der Waals surface area contributed by atoms with E-state index in [4.69, 9.17) is 14.4 Å². The monoisotopic (exact) mass is 473 g/mol. The van der Waals surface area contributed by atoms with E-state index in [2.05, 4.69) is 10.0 Å². The number of rotatable bonds is 10. The van der Waals surface area contributed by atoms with Crippen LogP contribution in [-0.2, 0) is 14.8 Å². The fourth-order valence-electron chi connectivity index (χ4n) is 2.88. The molecule has 0 fully saturated rings. The third kappa shape index (κ3) is 7.17. The second-order valence-electron chi connectivity index (χ2n) is 7.02. The highest BCUT2D eigenvalue weighted by Gasteiger charge is 2.13. The van der Waals surface area contributed by atoms with Gasteiger partial charge in [-0.05, 0) is 36.4 Å². The lowest BCUT2D eigenvalue weighted by atomic mass is 10.1. The van der Waals surface area contributed by atoms with E-state index in [-0.39, 0.29) is 25.3 Å². The average molecular weight is 474 g/mol. The van der Waals surface area contributed by atoms with Gasteiger partial charge in [-0.3, -0.25) is 14.8 Å². The topological polar surface area (TPSA) is 147 Å². The number of amides is 2. The number of carbonyl (C=O) groups excluding carboxylic acids is 2. The molecule has 0 aliphatic heterocycles. The standard InChI is InChI=1S/C22H23N3O7S/c1-33(29,30)24-14-17(20-12-16-4-2-3-5-19(16)32-20)13-21(26)23-10-11-31-18-8-6-15(7-9-18)22(27)25-28/h2-9,12-13,24,28H,10-11,14H2,1H3,(H,23,26)(H,25,27). The molecule has 3 rings (SSSR count). The summed E-state index contributed by atoms with van der Waals surface area (Å²) in [5.74, 6) is -0.217. The molecular weight excluding hydrogens is 450 g/mol. The Balaban J connectivity index is 1.60. The van der Waals surface area contributed by atoms with E-state index in [9.17, 15) is 18.0 Å². The zero-order valence-corrected chi connectivity index (χ0v) is 18.5. The molecule has 33 heavy (non-hydrogen) atoms. The van der Waals surface area contributed by atoms with Crippen molar-refractivity contribution in [3.05, 3.63) is 72.0 Å². The lowest BCUT2D eigenvalue weighted by Gasteiger charge is -2.08. The van der Waals surface area contributed by atoms with Crippen molar-refractivity contribution in [3.8, 4) is 5.75 Å². The van der Waals surface area contributed by atoms with Gasteiger partial charge in [0.1, 0.15) is 23.7 Å². The van der Waals surface area contributed by atoms with Crippen molar-refractivity contribution >= 4 is 38.4 Å². The van der Waals surface area contributed by atoms with Gasteiger partial charge < -0.3 is 14.5 Å². The molecule has 0 aliphatic rings. The predicted octanol–water partition coefficient (Wildman–Crippen LogP) is 1.68. The van der Waals surface area contributed by atoms with E-state index >= 15 is 0 Å². The minimum Gasteiger partial charge on any atom is -0.492 e. The van der Waals surface area contributed by atoms with E-state index in [1.54, 1.807) is 29.7 Å². The molecule has 2 aromatic carbocycles. The quantitative estimate of drug-likeness (QED) is 0.152. The molecule has 1 heterocycles. The summed E-state index contributed by atoms with van der Waals surface area (Å²) in [7, 11) is -3.48. The van der Waals surface area contributed by atoms with Crippen LogP contribution in [0.25, 0.3) is 16.5 Å². The highest BCUT2D eigenvalue weighted by Crippen LogP contribution is 2.24. The van der Waals surface area contributed by atoms with Crippen LogP contribution in [0.3, 0.4) is 0 Å². The number of carbonyl (C=O) groups is 2. The third-order valence-corrected chi connectivity index (χ3v) is 5.13. The molecule has 0 saturated heterocycles. The first kappa shape index (κ1) is 24.0. The van der Waals surface area contributed by atoms with Crippen molar-refractivity contribution in [1.29, 1.82) is 0 Å². The molecule has 0 spiro atoms. The van der Waals surface area contributed by atoms with E-state index in [1.807, 2.05) is 18.2 Å². The van der Waals surface area contributed by atoms with Gasteiger partial charge in [0.05, 0.1) is 12.8 Å². The summed E-state index contributed by atoms with van der Waals surface area (Å²) in [5, 5.41) is 12.1. The smallest absolute Gasteiger partial charge is 0.274 e. The van der Waals surface area contributed by atoms with E-state index < -0.39 is 21.8 Å². The van der Waals surface area contributed by atoms with Crippen LogP contribution in [0, 0.1) is 0 Å². The molecule has 0 aliphatic carbocycles. The van der Waals surface area contributed by atoms with Gasteiger partial charge in [-0.2, -0.15) is 0 Å². The van der Waals surface area contributed by atoms with Gasteiger partial charge >= 0.3 is 0 Å². The van der Waals surface area contributed by atoms with Gasteiger partial charge in [0.25, 0.3) is 5.91 Å². The first-order chi connectivity index (χ1) is 15.7. The normalized spacial score (nSPS) is 11.9. The molecule has 10 nitrogen and oxygen atoms in total. The van der Waals surface area contributed by atoms with Gasteiger partial charge in [0.2, 0.25) is 15.9 Å². The van der Waals surface area contributed by atoms with Gasteiger partial charge in [-0.25, -0.2) is 18.6 Å².